The van der Waals surface area contributed by atoms with Crippen LogP contribution in [0.4, 0.5) is 11.5 Å². The molecule has 0 aliphatic heterocycles. The Kier molecular flexibility index (Phi) is 6.14. The van der Waals surface area contributed by atoms with Gasteiger partial charge in [0.15, 0.2) is 0 Å². The lowest BCUT2D eigenvalue weighted by molar-refractivity contribution is 1.03. The molecule has 3 aromatic heterocycles. The van der Waals surface area contributed by atoms with Crippen molar-refractivity contribution in [3.8, 4) is 22.4 Å². The van der Waals surface area contributed by atoms with Gasteiger partial charge in [-0.25, -0.2) is 4.98 Å². The normalized spacial score (nSPS) is 10.8. The number of hydrogen-bond donors (Lipinski definition) is 3. The molecule has 0 aliphatic carbocycles. The molecule has 0 aliphatic rings. The third-order valence-corrected chi connectivity index (χ3v) is 5.67. The molecule has 5 aromatic rings. The second-order valence-electron chi connectivity index (χ2n) is 7.48. The second kappa shape index (κ2) is 9.68. The molecule has 2 aromatic carbocycles. The van der Waals surface area contributed by atoms with Crippen LogP contribution in [0.3, 0.4) is 0 Å². The van der Waals surface area contributed by atoms with Crippen LogP contribution >= 0.6 is 12.1 Å². The van der Waals surface area contributed by atoms with Gasteiger partial charge in [-0.3, -0.25) is 15.1 Å². The van der Waals surface area contributed by atoms with E-state index in [2.05, 4.69) is 68.5 Å². The van der Waals surface area contributed by atoms with Crippen LogP contribution in [-0.2, 0) is 6.54 Å². The molecule has 162 valence electrons. The van der Waals surface area contributed by atoms with Crippen LogP contribution in [0.2, 0.25) is 0 Å². The van der Waals surface area contributed by atoms with Crippen molar-refractivity contribution >= 4 is 34.4 Å². The number of hydrogen-bond acceptors (Lipinski definition) is 7. The van der Waals surface area contributed by atoms with Gasteiger partial charge in [-0.2, -0.15) is 0 Å². The maximum Gasteiger partial charge on any atom is 0.135 e. The molecular weight excluding hydrogens is 428 g/mol. The van der Waals surface area contributed by atoms with E-state index in [0.29, 0.717) is 6.54 Å². The van der Waals surface area contributed by atoms with Crippen molar-refractivity contribution in [3.05, 3.63) is 103 Å². The van der Waals surface area contributed by atoms with Gasteiger partial charge in [0.25, 0.3) is 0 Å². The molecule has 6 nitrogen and oxygen atoms in total. The SMILES string of the molecule is NSNc1cncc(-c2cc3cccc(-c4ccccc4)c3c(NCc3ccccn3)n2)c1. The lowest BCUT2D eigenvalue weighted by atomic mass is 9.97. The lowest BCUT2D eigenvalue weighted by Crippen LogP contribution is -2.05. The van der Waals surface area contributed by atoms with Crippen molar-refractivity contribution in [2.24, 2.45) is 5.14 Å². The lowest BCUT2D eigenvalue weighted by Gasteiger charge is -2.15. The van der Waals surface area contributed by atoms with E-state index in [1.54, 1.807) is 12.4 Å². The zero-order valence-electron chi connectivity index (χ0n) is 17.8. The Hall–Kier alpha value is -3.94. The van der Waals surface area contributed by atoms with Gasteiger partial charge in [-0.15, -0.1) is 0 Å². The minimum absolute atomic E-state index is 0.569. The average Bonchev–Trinajstić information content (AvgIpc) is 2.88. The molecule has 0 amide bonds. The summed E-state index contributed by atoms with van der Waals surface area (Å²) in [5.41, 5.74) is 5.78. The van der Waals surface area contributed by atoms with Gasteiger partial charge < -0.3 is 10.0 Å². The Bertz CT molecular complexity index is 1380. The second-order valence-corrected chi connectivity index (χ2v) is 7.92. The zero-order chi connectivity index (χ0) is 22.5. The van der Waals surface area contributed by atoms with Gasteiger partial charge in [0, 0.05) is 35.5 Å². The summed E-state index contributed by atoms with van der Waals surface area (Å²) < 4.78 is 3.03. The summed E-state index contributed by atoms with van der Waals surface area (Å²) in [7, 11) is 0. The summed E-state index contributed by atoms with van der Waals surface area (Å²) in [6.07, 6.45) is 5.34. The van der Waals surface area contributed by atoms with Crippen molar-refractivity contribution in [3.63, 3.8) is 0 Å². The monoisotopic (exact) mass is 450 g/mol. The van der Waals surface area contributed by atoms with E-state index in [1.807, 2.05) is 36.5 Å². The van der Waals surface area contributed by atoms with Gasteiger partial charge in [0.1, 0.15) is 5.82 Å². The number of pyridine rings is 3. The fourth-order valence-corrected chi connectivity index (χ4v) is 4.07. The minimum atomic E-state index is 0.569. The number of nitrogens with zero attached hydrogens (tertiary/aromatic N) is 3. The van der Waals surface area contributed by atoms with Gasteiger partial charge >= 0.3 is 0 Å². The molecule has 0 radical (unpaired) electrons. The van der Waals surface area contributed by atoms with Crippen LogP contribution in [0.25, 0.3) is 33.2 Å². The number of anilines is 2. The number of benzene rings is 2. The number of aromatic nitrogens is 3. The third kappa shape index (κ3) is 4.64. The highest BCUT2D eigenvalue weighted by molar-refractivity contribution is 7.98. The molecule has 0 fully saturated rings. The molecule has 4 N–H and O–H groups in total. The Morgan fingerprint density at radius 2 is 1.73 bits per heavy atom. The van der Waals surface area contributed by atoms with Gasteiger partial charge in [0.2, 0.25) is 0 Å². The highest BCUT2D eigenvalue weighted by Gasteiger charge is 2.13. The van der Waals surface area contributed by atoms with E-state index < -0.39 is 0 Å². The maximum absolute atomic E-state index is 5.56. The number of rotatable bonds is 7. The van der Waals surface area contributed by atoms with Crippen molar-refractivity contribution in [1.29, 1.82) is 0 Å². The topological polar surface area (TPSA) is 88.8 Å². The van der Waals surface area contributed by atoms with Crippen molar-refractivity contribution < 1.29 is 0 Å². The number of fused-ring (bicyclic) bond motifs is 1. The van der Waals surface area contributed by atoms with Gasteiger partial charge in [0.05, 0.1) is 29.8 Å². The first-order valence-electron chi connectivity index (χ1n) is 10.5. The smallest absolute Gasteiger partial charge is 0.135 e. The molecule has 3 heterocycles. The molecule has 0 unspecified atom stereocenters. The summed E-state index contributed by atoms with van der Waals surface area (Å²) in [6.45, 7) is 0.569. The number of nitrogens with two attached hydrogens (primary N) is 1. The van der Waals surface area contributed by atoms with E-state index in [-0.39, 0.29) is 0 Å². The first-order valence-corrected chi connectivity index (χ1v) is 11.4. The van der Waals surface area contributed by atoms with Crippen molar-refractivity contribution in [2.45, 2.75) is 6.54 Å². The minimum Gasteiger partial charge on any atom is -0.364 e. The van der Waals surface area contributed by atoms with Crippen LogP contribution in [0.1, 0.15) is 5.69 Å². The van der Waals surface area contributed by atoms with Crippen LogP contribution in [-0.4, -0.2) is 15.0 Å². The van der Waals surface area contributed by atoms with E-state index in [9.17, 15) is 0 Å². The molecule has 0 spiro atoms. The predicted octanol–water partition coefficient (Wildman–Crippen LogP) is 5.90. The molecule has 5 rings (SSSR count). The standard InChI is InChI=1S/C26H22N6S/c27-33-32-22-13-20(15-28-16-22)24-14-19-9-6-11-23(18-7-2-1-3-8-18)25(19)26(31-24)30-17-21-10-4-5-12-29-21/h1-16,32H,17,27H2,(H,30,31). The zero-order valence-corrected chi connectivity index (χ0v) is 18.6. The fraction of sp³-hybridized carbons (Fsp3) is 0.0385. The van der Waals surface area contributed by atoms with Crippen LogP contribution in [0.15, 0.2) is 97.5 Å². The summed E-state index contributed by atoms with van der Waals surface area (Å²) in [4.78, 5) is 13.8. The van der Waals surface area contributed by atoms with Crippen molar-refractivity contribution in [2.75, 3.05) is 10.0 Å². The molecule has 33 heavy (non-hydrogen) atoms. The van der Waals surface area contributed by atoms with Gasteiger partial charge in [-0.05, 0) is 40.8 Å². The average molecular weight is 451 g/mol. The van der Waals surface area contributed by atoms with E-state index in [1.165, 1.54) is 0 Å². The Balaban J connectivity index is 1.66. The maximum atomic E-state index is 5.56. The summed E-state index contributed by atoms with van der Waals surface area (Å²) >= 11 is 1.04. The molecule has 7 heteroatoms. The van der Waals surface area contributed by atoms with Crippen LogP contribution in [0, 0.1) is 0 Å². The van der Waals surface area contributed by atoms with E-state index in [0.717, 1.165) is 62.5 Å². The first kappa shape index (κ1) is 20.9. The Labute approximate surface area is 196 Å². The molecule has 0 saturated carbocycles. The Morgan fingerprint density at radius 3 is 2.55 bits per heavy atom. The quantitative estimate of drug-likeness (QED) is 0.266. The highest BCUT2D eigenvalue weighted by atomic mass is 32.2. The summed E-state index contributed by atoms with van der Waals surface area (Å²) in [6, 6.07) is 26.7. The Morgan fingerprint density at radius 1 is 0.848 bits per heavy atom. The van der Waals surface area contributed by atoms with E-state index in [4.69, 9.17) is 10.1 Å². The van der Waals surface area contributed by atoms with E-state index >= 15 is 0 Å². The third-order valence-electron chi connectivity index (χ3n) is 5.32. The molecular formula is C26H22N6S. The number of nitrogens with one attached hydrogen (secondary N) is 2. The summed E-state index contributed by atoms with van der Waals surface area (Å²) in [5, 5.41) is 11.3. The van der Waals surface area contributed by atoms with Gasteiger partial charge in [-0.1, -0.05) is 54.6 Å². The molecule has 0 saturated heterocycles. The predicted molar refractivity (Wildman–Crippen MR) is 137 cm³/mol. The molecule has 0 bridgehead atoms. The van der Waals surface area contributed by atoms with Crippen molar-refractivity contribution in [1.82, 2.24) is 15.0 Å². The first-order chi connectivity index (χ1) is 16.3. The van der Waals surface area contributed by atoms with Crippen LogP contribution < -0.4 is 15.2 Å². The fourth-order valence-electron chi connectivity index (χ4n) is 3.83. The molecule has 0 atom stereocenters. The highest BCUT2D eigenvalue weighted by Crippen LogP contribution is 2.36. The van der Waals surface area contributed by atoms with Crippen LogP contribution in [0.5, 0.6) is 0 Å². The summed E-state index contributed by atoms with van der Waals surface area (Å²) in [5.74, 6) is 0.805. The largest absolute Gasteiger partial charge is 0.364 e.